The van der Waals surface area contributed by atoms with Gasteiger partial charge >= 0.3 is 0 Å². The number of nitrogens with zero attached hydrogens (tertiary/aromatic N) is 3. The molecule has 0 radical (unpaired) electrons. The zero-order valence-corrected chi connectivity index (χ0v) is 15.7. The number of hydrogen-bond acceptors (Lipinski definition) is 3. The molecule has 1 aliphatic rings. The topological polar surface area (TPSA) is 33.1 Å². The second-order valence-corrected chi connectivity index (χ2v) is 6.65. The monoisotopic (exact) mass is 348 g/mol. The van der Waals surface area contributed by atoms with Crippen molar-refractivity contribution in [2.45, 2.75) is 45.8 Å². The zero-order valence-electron chi connectivity index (χ0n) is 14.9. The van der Waals surface area contributed by atoms with Gasteiger partial charge in [-0.1, -0.05) is 31.2 Å². The highest BCUT2D eigenvalue weighted by Gasteiger charge is 2.24. The Kier molecular flexibility index (Phi) is 6.84. The summed E-state index contributed by atoms with van der Waals surface area (Å²) in [5.74, 6) is 0. The van der Waals surface area contributed by atoms with E-state index in [4.69, 9.17) is 0 Å². The number of halogens is 1. The van der Waals surface area contributed by atoms with Crippen LogP contribution in [0, 0.1) is 0 Å². The van der Waals surface area contributed by atoms with Crippen LogP contribution in [0.25, 0.3) is 0 Å². The SMILES string of the molecule is CCc1ccc(C2CNCCN2Cc2ccnn2C(C)C)cc1.Cl. The van der Waals surface area contributed by atoms with Gasteiger partial charge in [-0.2, -0.15) is 5.10 Å². The fraction of sp³-hybridized carbons (Fsp3) is 0.526. The lowest BCUT2D eigenvalue weighted by molar-refractivity contribution is 0.148. The summed E-state index contributed by atoms with van der Waals surface area (Å²) in [6, 6.07) is 12.1. The van der Waals surface area contributed by atoms with Crippen LogP contribution in [0.15, 0.2) is 36.5 Å². The maximum atomic E-state index is 4.48. The predicted molar refractivity (Wildman–Crippen MR) is 102 cm³/mol. The van der Waals surface area contributed by atoms with Crippen molar-refractivity contribution in [3.05, 3.63) is 53.3 Å². The average Bonchev–Trinajstić information content (AvgIpc) is 3.04. The van der Waals surface area contributed by atoms with E-state index >= 15 is 0 Å². The highest BCUT2D eigenvalue weighted by Crippen LogP contribution is 2.25. The third-order valence-electron chi connectivity index (χ3n) is 4.73. The summed E-state index contributed by atoms with van der Waals surface area (Å²) in [4.78, 5) is 2.58. The number of aryl methyl sites for hydroxylation is 1. The van der Waals surface area contributed by atoms with Gasteiger partial charge in [-0.15, -0.1) is 12.4 Å². The Hall–Kier alpha value is -1.36. The summed E-state index contributed by atoms with van der Waals surface area (Å²) in [6.07, 6.45) is 3.02. The molecule has 5 heteroatoms. The van der Waals surface area contributed by atoms with Crippen LogP contribution < -0.4 is 5.32 Å². The number of nitrogens with one attached hydrogen (secondary N) is 1. The molecule has 2 heterocycles. The molecule has 1 aliphatic heterocycles. The lowest BCUT2D eigenvalue weighted by Crippen LogP contribution is -2.45. The van der Waals surface area contributed by atoms with Crippen LogP contribution in [0.1, 0.15) is 49.7 Å². The minimum absolute atomic E-state index is 0. The van der Waals surface area contributed by atoms with Crippen LogP contribution in [0.4, 0.5) is 0 Å². The first-order valence-electron chi connectivity index (χ1n) is 8.75. The molecule has 1 aromatic heterocycles. The van der Waals surface area contributed by atoms with E-state index in [1.807, 2.05) is 6.20 Å². The molecule has 24 heavy (non-hydrogen) atoms. The van der Waals surface area contributed by atoms with E-state index in [1.165, 1.54) is 16.8 Å². The van der Waals surface area contributed by atoms with E-state index in [9.17, 15) is 0 Å². The van der Waals surface area contributed by atoms with Gasteiger partial charge in [0.05, 0.1) is 5.69 Å². The van der Waals surface area contributed by atoms with Crippen LogP contribution in [0.5, 0.6) is 0 Å². The summed E-state index contributed by atoms with van der Waals surface area (Å²) in [7, 11) is 0. The highest BCUT2D eigenvalue weighted by atomic mass is 35.5. The Balaban J connectivity index is 0.00000208. The molecular weight excluding hydrogens is 320 g/mol. The van der Waals surface area contributed by atoms with Crippen LogP contribution >= 0.6 is 12.4 Å². The van der Waals surface area contributed by atoms with Gasteiger partial charge in [0.1, 0.15) is 0 Å². The lowest BCUT2D eigenvalue weighted by Gasteiger charge is -2.36. The molecule has 1 saturated heterocycles. The van der Waals surface area contributed by atoms with Gasteiger partial charge in [0, 0.05) is 44.5 Å². The van der Waals surface area contributed by atoms with Gasteiger partial charge in [-0.25, -0.2) is 0 Å². The van der Waals surface area contributed by atoms with Crippen molar-refractivity contribution in [3.8, 4) is 0 Å². The summed E-state index contributed by atoms with van der Waals surface area (Å²) in [5, 5.41) is 8.02. The maximum Gasteiger partial charge on any atom is 0.0527 e. The number of aromatic nitrogens is 2. The third kappa shape index (κ3) is 4.18. The van der Waals surface area contributed by atoms with Gasteiger partial charge < -0.3 is 5.32 Å². The minimum atomic E-state index is 0. The van der Waals surface area contributed by atoms with Crippen molar-refractivity contribution in [3.63, 3.8) is 0 Å². The van der Waals surface area contributed by atoms with E-state index in [0.29, 0.717) is 12.1 Å². The Morgan fingerprint density at radius 2 is 1.96 bits per heavy atom. The molecule has 3 rings (SSSR count). The molecule has 1 fully saturated rings. The zero-order chi connectivity index (χ0) is 16.2. The molecule has 4 nitrogen and oxygen atoms in total. The van der Waals surface area contributed by atoms with Gasteiger partial charge in [0.2, 0.25) is 0 Å². The van der Waals surface area contributed by atoms with Crippen molar-refractivity contribution >= 4 is 12.4 Å². The fourth-order valence-corrected chi connectivity index (χ4v) is 3.38. The van der Waals surface area contributed by atoms with Gasteiger partial charge in [0.25, 0.3) is 0 Å². The molecule has 1 aromatic carbocycles. The fourth-order valence-electron chi connectivity index (χ4n) is 3.38. The normalized spacial score (nSPS) is 18.6. The Morgan fingerprint density at radius 1 is 1.21 bits per heavy atom. The van der Waals surface area contributed by atoms with Crippen molar-refractivity contribution in [1.82, 2.24) is 20.0 Å². The molecule has 0 saturated carbocycles. The first-order valence-corrected chi connectivity index (χ1v) is 8.75. The van der Waals surface area contributed by atoms with Crippen molar-refractivity contribution in [2.24, 2.45) is 0 Å². The van der Waals surface area contributed by atoms with Crippen LogP contribution in [0.2, 0.25) is 0 Å². The minimum Gasteiger partial charge on any atom is -0.314 e. The van der Waals surface area contributed by atoms with Crippen LogP contribution in [-0.4, -0.2) is 34.3 Å². The first-order chi connectivity index (χ1) is 11.2. The molecule has 2 aromatic rings. The van der Waals surface area contributed by atoms with Gasteiger partial charge in [0.15, 0.2) is 0 Å². The van der Waals surface area contributed by atoms with Crippen LogP contribution in [0.3, 0.4) is 0 Å². The Labute approximate surface area is 151 Å². The second kappa shape index (κ2) is 8.65. The summed E-state index contributed by atoms with van der Waals surface area (Å²) < 4.78 is 2.14. The van der Waals surface area contributed by atoms with Crippen molar-refractivity contribution < 1.29 is 0 Å². The van der Waals surface area contributed by atoms with E-state index in [-0.39, 0.29) is 12.4 Å². The number of piperazine rings is 1. The summed E-state index contributed by atoms with van der Waals surface area (Å²) in [6.45, 7) is 10.7. The Morgan fingerprint density at radius 3 is 2.62 bits per heavy atom. The third-order valence-corrected chi connectivity index (χ3v) is 4.73. The van der Waals surface area contributed by atoms with Gasteiger partial charge in [-0.3, -0.25) is 9.58 Å². The largest absolute Gasteiger partial charge is 0.314 e. The molecule has 1 atom stereocenters. The van der Waals surface area contributed by atoms with E-state index in [2.05, 4.69) is 71.1 Å². The first kappa shape index (κ1) is 19.0. The molecule has 0 spiro atoms. The molecule has 0 bridgehead atoms. The smallest absolute Gasteiger partial charge is 0.0527 e. The second-order valence-electron chi connectivity index (χ2n) is 6.65. The molecule has 1 N–H and O–H groups in total. The van der Waals surface area contributed by atoms with E-state index in [0.717, 1.165) is 32.6 Å². The molecular formula is C19H29ClN4. The van der Waals surface area contributed by atoms with Crippen molar-refractivity contribution in [1.29, 1.82) is 0 Å². The summed E-state index contributed by atoms with van der Waals surface area (Å²) >= 11 is 0. The maximum absolute atomic E-state index is 4.48. The highest BCUT2D eigenvalue weighted by molar-refractivity contribution is 5.85. The number of rotatable bonds is 5. The van der Waals surface area contributed by atoms with Gasteiger partial charge in [-0.05, 0) is 37.5 Å². The Bertz CT molecular complexity index is 621. The quantitative estimate of drug-likeness (QED) is 0.896. The molecule has 0 amide bonds. The van der Waals surface area contributed by atoms with Crippen LogP contribution in [-0.2, 0) is 13.0 Å². The predicted octanol–water partition coefficient (Wildman–Crippen LogP) is 3.59. The average molecular weight is 349 g/mol. The standard InChI is InChI=1S/C19H28N4.ClH/c1-4-16-5-7-17(8-6-16)19-13-20-11-12-22(19)14-18-9-10-21-23(18)15(2)3;/h5-10,15,19-20H,4,11-14H2,1-3H3;1H. The lowest BCUT2D eigenvalue weighted by atomic mass is 10.0. The van der Waals surface area contributed by atoms with Crippen molar-refractivity contribution in [2.75, 3.05) is 19.6 Å². The van der Waals surface area contributed by atoms with E-state index < -0.39 is 0 Å². The van der Waals surface area contributed by atoms with E-state index in [1.54, 1.807) is 0 Å². The number of benzene rings is 1. The molecule has 1 unspecified atom stereocenters. The molecule has 132 valence electrons. The number of hydrogen-bond donors (Lipinski definition) is 1. The summed E-state index contributed by atoms with van der Waals surface area (Å²) in [5.41, 5.74) is 4.11. The molecule has 0 aliphatic carbocycles.